The van der Waals surface area contributed by atoms with Gasteiger partial charge in [0.05, 0.1) is 17.5 Å². The van der Waals surface area contributed by atoms with Gasteiger partial charge in [0.1, 0.15) is 5.75 Å². The standard InChI is InChI=1S/C25H30N2O7/c1-24(2,3)12-7-6-10-8-11-9-13-17(27(4)5)20(30)16(23(26)33)22(32)25(13,34)21(31)15(11)19(29)14(10)18(12)28/h6-7,11,13,15-17,28,34H,8-9H2,1-5H3,(H2,26,33)/t11-,13-,15?,16?,17-,25-/m1/s1. The first-order valence-electron chi connectivity index (χ1n) is 11.3. The number of carbonyl (C=O) groups excluding carboxylic acids is 5. The number of hydrogen-bond donors (Lipinski definition) is 3. The largest absolute Gasteiger partial charge is 0.507 e. The Labute approximate surface area is 197 Å². The Morgan fingerprint density at radius 3 is 2.26 bits per heavy atom. The molecule has 34 heavy (non-hydrogen) atoms. The summed E-state index contributed by atoms with van der Waals surface area (Å²) < 4.78 is 0. The molecule has 0 saturated heterocycles. The van der Waals surface area contributed by atoms with Gasteiger partial charge in [-0.05, 0) is 49.4 Å². The van der Waals surface area contributed by atoms with Crippen LogP contribution in [0.1, 0.15) is 48.7 Å². The van der Waals surface area contributed by atoms with Crippen LogP contribution in [-0.4, -0.2) is 69.9 Å². The zero-order valence-corrected chi connectivity index (χ0v) is 19.9. The van der Waals surface area contributed by atoms with Crippen LogP contribution in [0.25, 0.3) is 0 Å². The average Bonchev–Trinajstić information content (AvgIpc) is 2.69. The number of amides is 1. The van der Waals surface area contributed by atoms with Crippen LogP contribution in [0.5, 0.6) is 5.75 Å². The van der Waals surface area contributed by atoms with E-state index in [-0.39, 0.29) is 24.2 Å². The van der Waals surface area contributed by atoms with E-state index in [2.05, 4.69) is 0 Å². The number of nitrogens with zero attached hydrogens (tertiary/aromatic N) is 1. The van der Waals surface area contributed by atoms with Crippen LogP contribution in [0.2, 0.25) is 0 Å². The summed E-state index contributed by atoms with van der Waals surface area (Å²) in [6.07, 6.45) is 0.315. The fraction of sp³-hybridized carbons (Fsp3) is 0.560. The highest BCUT2D eigenvalue weighted by atomic mass is 16.3. The number of carbonyl (C=O) groups is 5. The van der Waals surface area contributed by atoms with Crippen LogP contribution in [0.3, 0.4) is 0 Å². The third-order valence-corrected chi connectivity index (χ3v) is 7.74. The second-order valence-electron chi connectivity index (χ2n) is 11.0. The molecule has 3 aliphatic carbocycles. The lowest BCUT2D eigenvalue weighted by Gasteiger charge is -2.52. The monoisotopic (exact) mass is 470 g/mol. The van der Waals surface area contributed by atoms with E-state index >= 15 is 0 Å². The number of ketones is 4. The first-order valence-corrected chi connectivity index (χ1v) is 11.3. The van der Waals surface area contributed by atoms with Crippen molar-refractivity contribution in [1.29, 1.82) is 0 Å². The van der Waals surface area contributed by atoms with Crippen LogP contribution in [-0.2, 0) is 31.0 Å². The van der Waals surface area contributed by atoms with Crippen molar-refractivity contribution < 1.29 is 34.2 Å². The van der Waals surface area contributed by atoms with Gasteiger partial charge in [-0.3, -0.25) is 28.9 Å². The number of phenols is 1. The van der Waals surface area contributed by atoms with Crippen molar-refractivity contribution in [3.8, 4) is 5.75 Å². The molecule has 0 aliphatic heterocycles. The highest BCUT2D eigenvalue weighted by Crippen LogP contribution is 2.51. The van der Waals surface area contributed by atoms with Crippen molar-refractivity contribution in [2.75, 3.05) is 14.1 Å². The summed E-state index contributed by atoms with van der Waals surface area (Å²) in [7, 11) is 3.11. The highest BCUT2D eigenvalue weighted by molar-refractivity contribution is 6.32. The number of aliphatic hydroxyl groups is 1. The maximum atomic E-state index is 13.7. The SMILES string of the molecule is CN(C)[C@H]1C(=O)C(C(N)=O)C(=O)[C@]2(O)C(=O)C3C(=O)c4c(ccc(C(C)(C)C)c4O)C[C@@H]3C[C@H]12. The van der Waals surface area contributed by atoms with E-state index in [1.165, 1.54) is 4.90 Å². The first kappa shape index (κ1) is 24.2. The minimum Gasteiger partial charge on any atom is -0.507 e. The molecule has 0 spiro atoms. The Hall–Kier alpha value is -2.91. The lowest BCUT2D eigenvalue weighted by molar-refractivity contribution is -0.181. The third-order valence-electron chi connectivity index (χ3n) is 7.74. The van der Waals surface area contributed by atoms with E-state index in [0.29, 0.717) is 11.1 Å². The molecule has 4 N–H and O–H groups in total. The summed E-state index contributed by atoms with van der Waals surface area (Å²) >= 11 is 0. The zero-order valence-electron chi connectivity index (χ0n) is 19.9. The van der Waals surface area contributed by atoms with Crippen LogP contribution in [0.15, 0.2) is 12.1 Å². The van der Waals surface area contributed by atoms with Crippen molar-refractivity contribution in [3.05, 3.63) is 28.8 Å². The number of hydrogen-bond acceptors (Lipinski definition) is 8. The lowest BCUT2D eigenvalue weighted by Crippen LogP contribution is -2.74. The van der Waals surface area contributed by atoms with E-state index in [1.807, 2.05) is 20.8 Å². The highest BCUT2D eigenvalue weighted by Gasteiger charge is 2.69. The van der Waals surface area contributed by atoms with Gasteiger partial charge in [0.2, 0.25) is 5.91 Å². The number of primary amides is 1. The lowest BCUT2D eigenvalue weighted by atomic mass is 9.52. The molecule has 182 valence electrons. The molecule has 0 heterocycles. The second-order valence-corrected chi connectivity index (χ2v) is 11.0. The van der Waals surface area contributed by atoms with E-state index in [0.717, 1.165) is 0 Å². The Kier molecular flexibility index (Phi) is 5.38. The van der Waals surface area contributed by atoms with E-state index in [4.69, 9.17) is 5.73 Å². The van der Waals surface area contributed by atoms with Crippen LogP contribution < -0.4 is 5.73 Å². The van der Waals surface area contributed by atoms with E-state index in [9.17, 15) is 34.2 Å². The van der Waals surface area contributed by atoms with Crippen LogP contribution in [0.4, 0.5) is 0 Å². The molecule has 1 aromatic carbocycles. The third kappa shape index (κ3) is 3.10. The van der Waals surface area contributed by atoms with Crippen molar-refractivity contribution in [2.24, 2.45) is 29.4 Å². The van der Waals surface area contributed by atoms with Gasteiger partial charge in [0.15, 0.2) is 34.7 Å². The maximum Gasteiger partial charge on any atom is 0.235 e. The van der Waals surface area contributed by atoms with Crippen LogP contribution >= 0.6 is 0 Å². The number of likely N-dealkylation sites (N-methyl/N-ethyl adjacent to an activating group) is 1. The molecule has 0 bridgehead atoms. The van der Waals surface area contributed by atoms with Gasteiger partial charge in [0, 0.05) is 5.92 Å². The molecular formula is C25H30N2O7. The fourth-order valence-corrected chi connectivity index (χ4v) is 6.19. The maximum absolute atomic E-state index is 13.7. The van der Waals surface area contributed by atoms with Gasteiger partial charge in [-0.1, -0.05) is 32.9 Å². The Bertz CT molecular complexity index is 1150. The molecule has 4 rings (SSSR count). The number of benzene rings is 1. The van der Waals surface area contributed by atoms with E-state index < -0.39 is 69.8 Å². The summed E-state index contributed by atoms with van der Waals surface area (Å²) in [4.78, 5) is 67.0. The molecule has 2 fully saturated rings. The number of aromatic hydroxyl groups is 1. The minimum absolute atomic E-state index is 0.0269. The fourth-order valence-electron chi connectivity index (χ4n) is 6.19. The summed E-state index contributed by atoms with van der Waals surface area (Å²) in [5.41, 5.74) is 3.30. The van der Waals surface area contributed by atoms with Gasteiger partial charge in [-0.15, -0.1) is 0 Å². The van der Waals surface area contributed by atoms with Gasteiger partial charge in [-0.2, -0.15) is 0 Å². The van der Waals surface area contributed by atoms with Crippen molar-refractivity contribution >= 4 is 29.0 Å². The quantitative estimate of drug-likeness (QED) is 0.517. The van der Waals surface area contributed by atoms with Crippen molar-refractivity contribution in [1.82, 2.24) is 4.90 Å². The summed E-state index contributed by atoms with van der Waals surface area (Å²) in [5.74, 6) is -10.2. The molecule has 9 heteroatoms. The normalized spacial score (nSPS) is 33.4. The topological polar surface area (TPSA) is 155 Å². The number of nitrogens with two attached hydrogens (primary N) is 1. The minimum atomic E-state index is -2.70. The van der Waals surface area contributed by atoms with Gasteiger partial charge in [0.25, 0.3) is 0 Å². The molecule has 1 amide bonds. The molecule has 2 unspecified atom stereocenters. The number of phenolic OH excluding ortho intramolecular Hbond substituents is 1. The number of Topliss-reactive ketones (excluding diaryl/α,β-unsaturated/α-hetero) is 4. The molecule has 3 aliphatic rings. The van der Waals surface area contributed by atoms with Crippen LogP contribution in [0, 0.1) is 23.7 Å². The Morgan fingerprint density at radius 2 is 1.74 bits per heavy atom. The summed E-state index contributed by atoms with van der Waals surface area (Å²) in [6, 6.07) is 2.42. The Balaban J connectivity index is 1.87. The molecule has 0 aromatic heterocycles. The van der Waals surface area contributed by atoms with Gasteiger partial charge >= 0.3 is 0 Å². The second kappa shape index (κ2) is 7.55. The molecular weight excluding hydrogens is 440 g/mol. The molecule has 6 atom stereocenters. The molecule has 2 saturated carbocycles. The van der Waals surface area contributed by atoms with Crippen molar-refractivity contribution in [3.63, 3.8) is 0 Å². The van der Waals surface area contributed by atoms with E-state index in [1.54, 1.807) is 26.2 Å². The molecule has 0 radical (unpaired) electrons. The van der Waals surface area contributed by atoms with Crippen molar-refractivity contribution in [2.45, 2.75) is 50.7 Å². The first-order chi connectivity index (χ1) is 15.6. The predicted molar refractivity (Wildman–Crippen MR) is 120 cm³/mol. The Morgan fingerprint density at radius 1 is 1.12 bits per heavy atom. The number of fused-ring (bicyclic) bond motifs is 3. The predicted octanol–water partition coefficient (Wildman–Crippen LogP) is 0.165. The average molecular weight is 471 g/mol. The summed E-state index contributed by atoms with van der Waals surface area (Å²) in [5, 5.41) is 22.5. The van der Waals surface area contributed by atoms with Gasteiger partial charge < -0.3 is 15.9 Å². The summed E-state index contributed by atoms with van der Waals surface area (Å²) in [6.45, 7) is 5.64. The molecule has 9 nitrogen and oxygen atoms in total. The smallest absolute Gasteiger partial charge is 0.235 e. The van der Waals surface area contributed by atoms with Gasteiger partial charge in [-0.25, -0.2) is 0 Å². The zero-order chi connectivity index (χ0) is 25.5. The molecule has 1 aromatic rings. The number of rotatable bonds is 2.